The summed E-state index contributed by atoms with van der Waals surface area (Å²) in [5.74, 6) is 0.919. The third-order valence-corrected chi connectivity index (χ3v) is 7.31. The molecule has 3 aliphatic rings. The van der Waals surface area contributed by atoms with Gasteiger partial charge in [-0.15, -0.1) is 0 Å². The number of hydrogen-bond donors (Lipinski definition) is 1. The third kappa shape index (κ3) is 5.51. The molecule has 170 valence electrons. The van der Waals surface area contributed by atoms with Gasteiger partial charge in [-0.3, -0.25) is 14.6 Å². The highest BCUT2D eigenvalue weighted by Gasteiger charge is 2.39. The maximum absolute atomic E-state index is 12.7. The van der Waals surface area contributed by atoms with Crippen molar-refractivity contribution in [2.75, 3.05) is 42.9 Å². The second kappa shape index (κ2) is 9.63. The molecule has 2 saturated carbocycles. The molecule has 3 fully saturated rings. The Balaban J connectivity index is 1.10. The van der Waals surface area contributed by atoms with Gasteiger partial charge in [0, 0.05) is 56.2 Å². The highest BCUT2D eigenvalue weighted by molar-refractivity contribution is 5.92. The van der Waals surface area contributed by atoms with Crippen LogP contribution in [0.3, 0.4) is 0 Å². The van der Waals surface area contributed by atoms with Gasteiger partial charge in [0.1, 0.15) is 0 Å². The highest BCUT2D eigenvalue weighted by atomic mass is 16.2. The van der Waals surface area contributed by atoms with Crippen molar-refractivity contribution in [3.8, 4) is 0 Å². The second-order valence-electron chi connectivity index (χ2n) is 9.83. The summed E-state index contributed by atoms with van der Waals surface area (Å²) in [6, 6.07) is 20.3. The molecule has 0 bridgehead atoms. The van der Waals surface area contributed by atoms with Gasteiger partial charge >= 0.3 is 0 Å². The third-order valence-electron chi connectivity index (χ3n) is 7.31. The molecule has 5 rings (SSSR count). The molecule has 2 aliphatic carbocycles. The first kappa shape index (κ1) is 21.5. The minimum Gasteiger partial charge on any atom is -0.369 e. The van der Waals surface area contributed by atoms with Gasteiger partial charge in [-0.1, -0.05) is 30.3 Å². The summed E-state index contributed by atoms with van der Waals surface area (Å²) in [4.78, 5) is 20.1. The van der Waals surface area contributed by atoms with Crippen LogP contribution in [0.4, 0.5) is 11.4 Å². The molecule has 1 heterocycles. The minimum atomic E-state index is 0.117. The van der Waals surface area contributed by atoms with E-state index in [2.05, 4.69) is 81.5 Å². The Bertz CT molecular complexity index is 884. The molecule has 32 heavy (non-hydrogen) atoms. The van der Waals surface area contributed by atoms with E-state index in [1.165, 1.54) is 36.9 Å². The summed E-state index contributed by atoms with van der Waals surface area (Å²) in [7, 11) is 0. The standard InChI is InChI=1S/C27H36N4O/c1-21(23-7-8-23)31(26-13-14-26)20-27(32)28-24-9-11-25(12-10-24)30-17-15-29(16-18-30)19-22-5-3-2-4-6-22/h2-6,9-12,21,23,26H,7-8,13-20H2,1H3,(H,28,32). The number of benzene rings is 2. The largest absolute Gasteiger partial charge is 0.369 e. The van der Waals surface area contributed by atoms with E-state index in [0.717, 1.165) is 44.3 Å². The van der Waals surface area contributed by atoms with Gasteiger partial charge in [0.2, 0.25) is 5.91 Å². The number of rotatable bonds is 9. The van der Waals surface area contributed by atoms with E-state index in [4.69, 9.17) is 0 Å². The predicted octanol–water partition coefficient (Wildman–Crippen LogP) is 4.21. The fourth-order valence-electron chi connectivity index (χ4n) is 4.99. The van der Waals surface area contributed by atoms with E-state index in [1.807, 2.05) is 0 Å². The molecule has 1 aliphatic heterocycles. The monoisotopic (exact) mass is 432 g/mol. The normalized spacial score (nSPS) is 20.4. The van der Waals surface area contributed by atoms with Gasteiger partial charge in [-0.2, -0.15) is 0 Å². The van der Waals surface area contributed by atoms with Crippen molar-refractivity contribution in [3.05, 3.63) is 60.2 Å². The molecule has 1 N–H and O–H groups in total. The van der Waals surface area contributed by atoms with Crippen LogP contribution in [0.25, 0.3) is 0 Å². The fourth-order valence-corrected chi connectivity index (χ4v) is 4.99. The molecule has 2 aromatic carbocycles. The zero-order valence-electron chi connectivity index (χ0n) is 19.2. The first-order valence-electron chi connectivity index (χ1n) is 12.3. The maximum atomic E-state index is 12.7. The number of hydrogen-bond acceptors (Lipinski definition) is 4. The lowest BCUT2D eigenvalue weighted by Crippen LogP contribution is -2.45. The lowest BCUT2D eigenvalue weighted by atomic mass is 10.1. The first-order chi connectivity index (χ1) is 15.7. The van der Waals surface area contributed by atoms with E-state index in [9.17, 15) is 4.79 Å². The maximum Gasteiger partial charge on any atom is 0.238 e. The van der Waals surface area contributed by atoms with Crippen molar-refractivity contribution in [3.63, 3.8) is 0 Å². The average molecular weight is 433 g/mol. The van der Waals surface area contributed by atoms with Crippen molar-refractivity contribution < 1.29 is 4.79 Å². The lowest BCUT2D eigenvalue weighted by Gasteiger charge is -2.36. The zero-order chi connectivity index (χ0) is 21.9. The lowest BCUT2D eigenvalue weighted by molar-refractivity contribution is -0.118. The number of carbonyl (C=O) groups is 1. The van der Waals surface area contributed by atoms with Gasteiger partial charge in [-0.25, -0.2) is 0 Å². The topological polar surface area (TPSA) is 38.8 Å². The number of amides is 1. The molecule has 2 aromatic rings. The highest BCUT2D eigenvalue weighted by Crippen LogP contribution is 2.39. The van der Waals surface area contributed by atoms with Crippen LogP contribution in [0.1, 0.15) is 38.2 Å². The molecule has 1 saturated heterocycles. The van der Waals surface area contributed by atoms with Gasteiger partial charge < -0.3 is 10.2 Å². The Morgan fingerprint density at radius 1 is 0.969 bits per heavy atom. The van der Waals surface area contributed by atoms with Crippen LogP contribution in [0.5, 0.6) is 0 Å². The molecule has 5 heteroatoms. The van der Waals surface area contributed by atoms with Crippen LogP contribution in [-0.4, -0.2) is 60.5 Å². The smallest absolute Gasteiger partial charge is 0.238 e. The molecule has 1 unspecified atom stereocenters. The van der Waals surface area contributed by atoms with Crippen LogP contribution in [0, 0.1) is 5.92 Å². The quantitative estimate of drug-likeness (QED) is 0.644. The van der Waals surface area contributed by atoms with E-state index in [1.54, 1.807) is 0 Å². The van der Waals surface area contributed by atoms with Gasteiger partial charge in [0.25, 0.3) is 0 Å². The zero-order valence-corrected chi connectivity index (χ0v) is 19.2. The Morgan fingerprint density at radius 3 is 2.28 bits per heavy atom. The van der Waals surface area contributed by atoms with Crippen LogP contribution in [0.15, 0.2) is 54.6 Å². The molecule has 0 radical (unpaired) electrons. The minimum absolute atomic E-state index is 0.117. The molecule has 1 atom stereocenters. The summed E-state index contributed by atoms with van der Waals surface area (Å²) >= 11 is 0. The second-order valence-corrected chi connectivity index (χ2v) is 9.83. The Morgan fingerprint density at radius 2 is 1.66 bits per heavy atom. The number of carbonyl (C=O) groups excluding carboxylic acids is 1. The Kier molecular flexibility index (Phi) is 6.47. The summed E-state index contributed by atoms with van der Waals surface area (Å²) in [5, 5.41) is 3.13. The van der Waals surface area contributed by atoms with Crippen molar-refractivity contribution in [2.24, 2.45) is 5.92 Å². The van der Waals surface area contributed by atoms with E-state index in [-0.39, 0.29) is 5.91 Å². The van der Waals surface area contributed by atoms with Crippen LogP contribution < -0.4 is 10.2 Å². The summed E-state index contributed by atoms with van der Waals surface area (Å²) < 4.78 is 0. The number of anilines is 2. The van der Waals surface area contributed by atoms with E-state index in [0.29, 0.717) is 18.6 Å². The van der Waals surface area contributed by atoms with Crippen molar-refractivity contribution in [1.82, 2.24) is 9.80 Å². The molecule has 1 amide bonds. The van der Waals surface area contributed by atoms with E-state index >= 15 is 0 Å². The first-order valence-corrected chi connectivity index (χ1v) is 12.3. The SMILES string of the molecule is CC(C1CC1)N(CC(=O)Nc1ccc(N2CCN(Cc3ccccc3)CC2)cc1)C1CC1. The summed E-state index contributed by atoms with van der Waals surface area (Å²) in [6.45, 7) is 8.07. The molecular weight excluding hydrogens is 396 g/mol. The van der Waals surface area contributed by atoms with Crippen LogP contribution in [0.2, 0.25) is 0 Å². The average Bonchev–Trinajstić information content (AvgIpc) is 3.72. The van der Waals surface area contributed by atoms with E-state index < -0.39 is 0 Å². The molecule has 5 nitrogen and oxygen atoms in total. The van der Waals surface area contributed by atoms with Gasteiger partial charge in [0.15, 0.2) is 0 Å². The Hall–Kier alpha value is -2.37. The molecule has 0 aromatic heterocycles. The molecular formula is C27H36N4O. The van der Waals surface area contributed by atoms with Crippen molar-refractivity contribution in [2.45, 2.75) is 51.2 Å². The van der Waals surface area contributed by atoms with Gasteiger partial charge in [0.05, 0.1) is 6.54 Å². The van der Waals surface area contributed by atoms with Gasteiger partial charge in [-0.05, 0) is 68.4 Å². The number of nitrogens with one attached hydrogen (secondary N) is 1. The number of nitrogens with zero attached hydrogens (tertiary/aromatic N) is 3. The fraction of sp³-hybridized carbons (Fsp3) is 0.519. The van der Waals surface area contributed by atoms with Crippen LogP contribution in [-0.2, 0) is 11.3 Å². The van der Waals surface area contributed by atoms with Crippen LogP contribution >= 0.6 is 0 Å². The van der Waals surface area contributed by atoms with Crippen molar-refractivity contribution in [1.29, 1.82) is 0 Å². The summed E-state index contributed by atoms with van der Waals surface area (Å²) in [6.07, 6.45) is 5.15. The number of piperazine rings is 1. The molecule has 0 spiro atoms. The Labute approximate surface area is 192 Å². The predicted molar refractivity (Wildman–Crippen MR) is 131 cm³/mol. The summed E-state index contributed by atoms with van der Waals surface area (Å²) in [5.41, 5.74) is 3.52. The van der Waals surface area contributed by atoms with Crippen molar-refractivity contribution >= 4 is 17.3 Å².